The van der Waals surface area contributed by atoms with Crippen molar-refractivity contribution in [3.8, 4) is 5.75 Å². The number of sulfonamides is 1. The number of nitro benzene ring substituents is 1. The van der Waals surface area contributed by atoms with Crippen molar-refractivity contribution in [2.45, 2.75) is 64.6 Å². The van der Waals surface area contributed by atoms with E-state index in [0.29, 0.717) is 11.3 Å². The van der Waals surface area contributed by atoms with Crippen molar-refractivity contribution < 1.29 is 27.7 Å². The number of hydrogen-bond acceptors (Lipinski definition) is 7. The Morgan fingerprint density at radius 2 is 1.65 bits per heavy atom. The van der Waals surface area contributed by atoms with Crippen molar-refractivity contribution in [3.05, 3.63) is 93.5 Å². The van der Waals surface area contributed by atoms with Crippen LogP contribution in [-0.2, 0) is 26.2 Å². The van der Waals surface area contributed by atoms with Gasteiger partial charge in [-0.15, -0.1) is 0 Å². The smallest absolute Gasteiger partial charge is 0.273 e. The van der Waals surface area contributed by atoms with Gasteiger partial charge in [0.25, 0.3) is 15.7 Å². The zero-order chi connectivity index (χ0) is 31.9. The van der Waals surface area contributed by atoms with E-state index in [-0.39, 0.29) is 41.2 Å². The summed E-state index contributed by atoms with van der Waals surface area (Å²) in [6.45, 7) is 8.23. The van der Waals surface area contributed by atoms with E-state index in [1.54, 1.807) is 19.1 Å². The molecule has 1 atom stereocenters. The number of amides is 2. The maximum absolute atomic E-state index is 14.2. The molecule has 0 radical (unpaired) electrons. The van der Waals surface area contributed by atoms with Gasteiger partial charge in [-0.25, -0.2) is 8.42 Å². The molecule has 0 aliphatic heterocycles. The van der Waals surface area contributed by atoms with Gasteiger partial charge < -0.3 is 15.0 Å². The number of ether oxygens (including phenoxy) is 1. The Hall–Kier alpha value is -4.45. The number of carbonyl (C=O) groups is 2. The SMILES string of the molecule is CC[C@@H](C(=O)NC(C)C)N(Cc1ccccc1C)C(=O)CN(c1ccc(OC)cc1)S(=O)(=O)c1ccc(C)c([N+](=O)[O-])c1. The first-order valence-electron chi connectivity index (χ1n) is 13.9. The molecule has 0 fully saturated rings. The summed E-state index contributed by atoms with van der Waals surface area (Å²) in [5, 5.41) is 14.5. The highest BCUT2D eigenvalue weighted by atomic mass is 32.2. The Labute approximate surface area is 252 Å². The van der Waals surface area contributed by atoms with Crippen LogP contribution in [0.15, 0.2) is 71.6 Å². The predicted octanol–water partition coefficient (Wildman–Crippen LogP) is 4.75. The van der Waals surface area contributed by atoms with Crippen molar-refractivity contribution in [1.29, 1.82) is 0 Å². The van der Waals surface area contributed by atoms with E-state index in [9.17, 15) is 28.1 Å². The Balaban J connectivity index is 2.13. The van der Waals surface area contributed by atoms with Crippen molar-refractivity contribution in [3.63, 3.8) is 0 Å². The van der Waals surface area contributed by atoms with Crippen LogP contribution in [0.1, 0.15) is 43.9 Å². The van der Waals surface area contributed by atoms with Gasteiger partial charge in [0.15, 0.2) is 0 Å². The molecule has 230 valence electrons. The number of methoxy groups -OCH3 is 1. The van der Waals surface area contributed by atoms with Gasteiger partial charge in [-0.3, -0.25) is 24.0 Å². The summed E-state index contributed by atoms with van der Waals surface area (Å²) in [5.74, 6) is -0.501. The van der Waals surface area contributed by atoms with Crippen molar-refractivity contribution in [1.82, 2.24) is 10.2 Å². The van der Waals surface area contributed by atoms with E-state index in [2.05, 4.69) is 5.32 Å². The van der Waals surface area contributed by atoms with Gasteiger partial charge >= 0.3 is 0 Å². The summed E-state index contributed by atoms with van der Waals surface area (Å²) in [4.78, 5) is 39.4. The largest absolute Gasteiger partial charge is 0.497 e. The quantitative estimate of drug-likeness (QED) is 0.218. The van der Waals surface area contributed by atoms with Crippen LogP contribution >= 0.6 is 0 Å². The summed E-state index contributed by atoms with van der Waals surface area (Å²) in [6, 6.07) is 16.1. The minimum Gasteiger partial charge on any atom is -0.497 e. The minimum atomic E-state index is -4.49. The zero-order valence-corrected chi connectivity index (χ0v) is 26.1. The Morgan fingerprint density at radius 1 is 1.00 bits per heavy atom. The first kappa shape index (κ1) is 33.1. The van der Waals surface area contributed by atoms with Crippen LogP contribution < -0.4 is 14.4 Å². The molecule has 0 aliphatic rings. The van der Waals surface area contributed by atoms with Gasteiger partial charge in [-0.05, 0) is 75.6 Å². The van der Waals surface area contributed by atoms with Crippen molar-refractivity contribution in [2.24, 2.45) is 0 Å². The molecule has 0 saturated heterocycles. The number of nitrogens with one attached hydrogen (secondary N) is 1. The van der Waals surface area contributed by atoms with Crippen LogP contribution in [0.3, 0.4) is 0 Å². The lowest BCUT2D eigenvalue weighted by Crippen LogP contribution is -2.53. The van der Waals surface area contributed by atoms with Crippen LogP contribution in [0, 0.1) is 24.0 Å². The molecule has 0 heterocycles. The van der Waals surface area contributed by atoms with Gasteiger partial charge in [0.2, 0.25) is 11.8 Å². The lowest BCUT2D eigenvalue weighted by Gasteiger charge is -2.34. The van der Waals surface area contributed by atoms with Gasteiger partial charge in [-0.1, -0.05) is 37.3 Å². The summed E-state index contributed by atoms with van der Waals surface area (Å²) in [7, 11) is -3.02. The summed E-state index contributed by atoms with van der Waals surface area (Å²) in [6.07, 6.45) is 0.287. The second-order valence-electron chi connectivity index (χ2n) is 10.5. The predicted molar refractivity (Wildman–Crippen MR) is 164 cm³/mol. The van der Waals surface area contributed by atoms with E-state index in [1.165, 1.54) is 43.2 Å². The summed E-state index contributed by atoms with van der Waals surface area (Å²) >= 11 is 0. The van der Waals surface area contributed by atoms with Crippen LogP contribution in [-0.4, -0.2) is 55.8 Å². The summed E-state index contributed by atoms with van der Waals surface area (Å²) < 4.78 is 34.3. The molecule has 3 aromatic carbocycles. The molecule has 3 rings (SSSR count). The second-order valence-corrected chi connectivity index (χ2v) is 12.3. The standard InChI is InChI=1S/C31H38N4O7S/c1-7-28(31(37)32-21(2)3)33(19-24-11-9-8-10-22(24)4)30(36)20-34(25-13-15-26(42-6)16-14-25)43(40,41)27-17-12-23(5)29(18-27)35(38)39/h8-18,21,28H,7,19-20H2,1-6H3,(H,32,37)/t28-/m0/s1. The van der Waals surface area contributed by atoms with Gasteiger partial charge in [-0.2, -0.15) is 0 Å². The van der Waals surface area contributed by atoms with E-state index in [4.69, 9.17) is 4.74 Å². The number of nitrogens with zero attached hydrogens (tertiary/aromatic N) is 3. The number of anilines is 1. The number of carbonyl (C=O) groups excluding carboxylic acids is 2. The fraction of sp³-hybridized carbons (Fsp3) is 0.355. The molecule has 0 saturated carbocycles. The van der Waals surface area contributed by atoms with Crippen LogP contribution in [0.25, 0.3) is 0 Å². The third-order valence-electron chi connectivity index (χ3n) is 7.02. The van der Waals surface area contributed by atoms with Crippen LogP contribution in [0.5, 0.6) is 5.75 Å². The lowest BCUT2D eigenvalue weighted by atomic mass is 10.1. The summed E-state index contributed by atoms with van der Waals surface area (Å²) in [5.41, 5.74) is 1.79. The highest BCUT2D eigenvalue weighted by Gasteiger charge is 2.34. The second kappa shape index (κ2) is 14.1. The van der Waals surface area contributed by atoms with E-state index in [1.807, 2.05) is 45.0 Å². The maximum Gasteiger partial charge on any atom is 0.273 e. The van der Waals surface area contributed by atoms with E-state index < -0.39 is 33.4 Å². The average Bonchev–Trinajstić information content (AvgIpc) is 2.96. The number of nitro groups is 1. The van der Waals surface area contributed by atoms with Gasteiger partial charge in [0.05, 0.1) is 22.6 Å². The first-order valence-corrected chi connectivity index (χ1v) is 15.3. The average molecular weight is 611 g/mol. The normalized spacial score (nSPS) is 12.0. The molecule has 3 aromatic rings. The molecule has 0 aromatic heterocycles. The van der Waals surface area contributed by atoms with Crippen LogP contribution in [0.2, 0.25) is 0 Å². The third-order valence-corrected chi connectivity index (χ3v) is 8.79. The van der Waals surface area contributed by atoms with Crippen LogP contribution in [0.4, 0.5) is 11.4 Å². The molecule has 2 amide bonds. The minimum absolute atomic E-state index is 0.0715. The molecule has 12 heteroatoms. The molecule has 0 spiro atoms. The number of rotatable bonds is 13. The van der Waals surface area contributed by atoms with Crippen molar-refractivity contribution >= 4 is 33.2 Å². The maximum atomic E-state index is 14.2. The monoisotopic (exact) mass is 610 g/mol. The molecular formula is C31H38N4O7S. The van der Waals surface area contributed by atoms with Crippen molar-refractivity contribution in [2.75, 3.05) is 18.0 Å². The lowest BCUT2D eigenvalue weighted by molar-refractivity contribution is -0.385. The Bertz CT molecular complexity index is 1570. The number of benzene rings is 3. The molecule has 1 N–H and O–H groups in total. The molecule has 43 heavy (non-hydrogen) atoms. The molecule has 0 aliphatic carbocycles. The highest BCUT2D eigenvalue weighted by Crippen LogP contribution is 2.29. The van der Waals surface area contributed by atoms with Gasteiger partial charge in [0.1, 0.15) is 18.3 Å². The van der Waals surface area contributed by atoms with E-state index >= 15 is 0 Å². The van der Waals surface area contributed by atoms with E-state index in [0.717, 1.165) is 21.5 Å². The Kier molecular flexibility index (Phi) is 10.9. The third kappa shape index (κ3) is 7.89. The molecule has 0 unspecified atom stereocenters. The number of hydrogen-bond donors (Lipinski definition) is 1. The fourth-order valence-electron chi connectivity index (χ4n) is 4.62. The molecule has 0 bridgehead atoms. The zero-order valence-electron chi connectivity index (χ0n) is 25.2. The highest BCUT2D eigenvalue weighted by molar-refractivity contribution is 7.92. The Morgan fingerprint density at radius 3 is 2.21 bits per heavy atom. The fourth-order valence-corrected chi connectivity index (χ4v) is 6.06. The molecule has 11 nitrogen and oxygen atoms in total. The topological polar surface area (TPSA) is 139 Å². The first-order chi connectivity index (χ1) is 20.3. The molecular weight excluding hydrogens is 572 g/mol. The van der Waals surface area contributed by atoms with Gasteiger partial charge in [0, 0.05) is 24.2 Å². The number of aryl methyl sites for hydroxylation is 2.